The molecule has 30 heavy (non-hydrogen) atoms. The summed E-state index contributed by atoms with van der Waals surface area (Å²) in [5.41, 5.74) is 1.57. The van der Waals surface area contributed by atoms with Crippen LogP contribution in [0.15, 0.2) is 40.7 Å². The molecule has 0 aromatic carbocycles. The van der Waals surface area contributed by atoms with E-state index in [0.29, 0.717) is 39.3 Å². The van der Waals surface area contributed by atoms with Crippen molar-refractivity contribution < 1.29 is 4.79 Å². The van der Waals surface area contributed by atoms with Crippen LogP contribution in [0, 0.1) is 6.92 Å². The Bertz CT molecular complexity index is 1070. The van der Waals surface area contributed by atoms with E-state index in [1.165, 1.54) is 16.2 Å². The highest BCUT2D eigenvalue weighted by Crippen LogP contribution is 2.33. The van der Waals surface area contributed by atoms with Crippen LogP contribution >= 0.6 is 24.0 Å². The van der Waals surface area contributed by atoms with Gasteiger partial charge in [-0.1, -0.05) is 62.3 Å². The van der Waals surface area contributed by atoms with Crippen LogP contribution in [0.3, 0.4) is 0 Å². The first kappa shape index (κ1) is 22.2. The largest absolute Gasteiger partial charge is 0.366 e. The summed E-state index contributed by atoms with van der Waals surface area (Å²) in [4.78, 5) is 32.9. The maximum absolute atomic E-state index is 13.2. The van der Waals surface area contributed by atoms with Crippen LogP contribution in [-0.4, -0.2) is 37.6 Å². The van der Waals surface area contributed by atoms with Crippen LogP contribution in [0.4, 0.5) is 5.82 Å². The number of aryl methyl sites for hydroxylation is 1. The molecule has 1 aliphatic heterocycles. The molecule has 6 nitrogen and oxygen atoms in total. The monoisotopic (exact) mass is 442 g/mol. The molecule has 1 saturated heterocycles. The van der Waals surface area contributed by atoms with Crippen molar-refractivity contribution in [2.45, 2.75) is 39.5 Å². The number of hydrogen-bond acceptors (Lipinski definition) is 6. The lowest BCUT2D eigenvalue weighted by atomic mass is 10.2. The Morgan fingerprint density at radius 2 is 2.10 bits per heavy atom. The smallest absolute Gasteiger partial charge is 0.267 e. The Balaban J connectivity index is 1.99. The number of fused-ring (bicyclic) bond motifs is 1. The van der Waals surface area contributed by atoms with E-state index in [4.69, 9.17) is 12.2 Å². The standard InChI is InChI=1S/C22H26N4O2S2/c1-4-6-7-8-12-26-21(28)17(30-22(26)29)14-16-18(23-11-5-2)24-19-15(3)10-9-13-25(19)20(16)27/h5,9-10,13-14,23H,2,4,6-8,11-12H2,1,3H3/b17-14+. The molecule has 0 spiro atoms. The molecule has 0 radical (unpaired) electrons. The molecule has 0 atom stereocenters. The first-order chi connectivity index (χ1) is 14.5. The fraction of sp³-hybridized carbons (Fsp3) is 0.364. The number of thiocarbonyl (C=S) groups is 1. The molecule has 1 fully saturated rings. The zero-order valence-corrected chi connectivity index (χ0v) is 18.9. The van der Waals surface area contributed by atoms with Gasteiger partial charge in [0.05, 0.1) is 10.5 Å². The van der Waals surface area contributed by atoms with Gasteiger partial charge >= 0.3 is 0 Å². The lowest BCUT2D eigenvalue weighted by Gasteiger charge is -2.14. The molecular formula is C22H26N4O2S2. The zero-order chi connectivity index (χ0) is 21.7. The van der Waals surface area contributed by atoms with Crippen molar-refractivity contribution in [3.63, 3.8) is 0 Å². The molecule has 1 aliphatic rings. The Hall–Kier alpha value is -2.45. The Labute approximate surface area is 186 Å². The minimum atomic E-state index is -0.233. The van der Waals surface area contributed by atoms with Crippen LogP contribution in [0.2, 0.25) is 0 Å². The summed E-state index contributed by atoms with van der Waals surface area (Å²) in [6, 6.07) is 3.71. The van der Waals surface area contributed by atoms with Crippen molar-refractivity contribution in [2.24, 2.45) is 0 Å². The molecule has 3 heterocycles. The Morgan fingerprint density at radius 3 is 2.83 bits per heavy atom. The molecule has 158 valence electrons. The van der Waals surface area contributed by atoms with Gasteiger partial charge in [0.15, 0.2) is 0 Å². The number of thioether (sulfide) groups is 1. The minimum Gasteiger partial charge on any atom is -0.366 e. The molecule has 3 rings (SSSR count). The normalized spacial score (nSPS) is 15.4. The van der Waals surface area contributed by atoms with E-state index >= 15 is 0 Å². The average Bonchev–Trinajstić information content (AvgIpc) is 2.99. The van der Waals surface area contributed by atoms with Crippen molar-refractivity contribution >= 4 is 51.7 Å². The number of amides is 1. The summed E-state index contributed by atoms with van der Waals surface area (Å²) < 4.78 is 2.04. The number of unbranched alkanes of at least 4 members (excludes halogenated alkanes) is 3. The first-order valence-corrected chi connectivity index (χ1v) is 11.3. The van der Waals surface area contributed by atoms with E-state index in [1.54, 1.807) is 23.2 Å². The van der Waals surface area contributed by atoms with E-state index in [9.17, 15) is 9.59 Å². The number of carbonyl (C=O) groups excluding carboxylic acids is 1. The van der Waals surface area contributed by atoms with Crippen molar-refractivity contribution in [3.05, 3.63) is 57.4 Å². The van der Waals surface area contributed by atoms with Gasteiger partial charge in [-0.15, -0.1) is 6.58 Å². The third-order valence-corrected chi connectivity index (χ3v) is 6.26. The van der Waals surface area contributed by atoms with E-state index in [2.05, 4.69) is 23.8 Å². The van der Waals surface area contributed by atoms with Crippen LogP contribution in [0.5, 0.6) is 0 Å². The van der Waals surface area contributed by atoms with Gasteiger partial charge in [0.2, 0.25) is 0 Å². The van der Waals surface area contributed by atoms with Crippen molar-refractivity contribution in [3.8, 4) is 0 Å². The molecule has 1 amide bonds. The van der Waals surface area contributed by atoms with E-state index in [0.717, 1.165) is 31.2 Å². The summed E-state index contributed by atoms with van der Waals surface area (Å²) in [7, 11) is 0. The Morgan fingerprint density at radius 1 is 1.30 bits per heavy atom. The van der Waals surface area contributed by atoms with Crippen molar-refractivity contribution in [1.29, 1.82) is 0 Å². The fourth-order valence-corrected chi connectivity index (χ4v) is 4.56. The van der Waals surface area contributed by atoms with Gasteiger partial charge in [0.25, 0.3) is 11.5 Å². The summed E-state index contributed by atoms with van der Waals surface area (Å²) in [6.07, 6.45) is 9.25. The molecular weight excluding hydrogens is 416 g/mol. The minimum absolute atomic E-state index is 0.148. The van der Waals surface area contributed by atoms with Crippen LogP contribution in [0.25, 0.3) is 11.7 Å². The van der Waals surface area contributed by atoms with Gasteiger partial charge in [0, 0.05) is 19.3 Å². The highest BCUT2D eigenvalue weighted by Gasteiger charge is 2.32. The number of carbonyl (C=O) groups is 1. The van der Waals surface area contributed by atoms with Gasteiger partial charge < -0.3 is 5.32 Å². The number of nitrogens with zero attached hydrogens (tertiary/aromatic N) is 3. The average molecular weight is 443 g/mol. The summed E-state index contributed by atoms with van der Waals surface area (Å²) in [5, 5.41) is 3.13. The predicted molar refractivity (Wildman–Crippen MR) is 129 cm³/mol. The molecule has 0 aliphatic carbocycles. The maximum Gasteiger partial charge on any atom is 0.267 e. The highest BCUT2D eigenvalue weighted by atomic mass is 32.2. The summed E-state index contributed by atoms with van der Waals surface area (Å²) >= 11 is 6.65. The first-order valence-electron chi connectivity index (χ1n) is 10.1. The van der Waals surface area contributed by atoms with E-state index < -0.39 is 0 Å². The molecule has 0 bridgehead atoms. The molecule has 8 heteroatoms. The number of hydrogen-bond donors (Lipinski definition) is 1. The molecule has 1 N–H and O–H groups in total. The third-order valence-electron chi connectivity index (χ3n) is 4.88. The van der Waals surface area contributed by atoms with Crippen molar-refractivity contribution in [1.82, 2.24) is 14.3 Å². The molecule has 0 saturated carbocycles. The quantitative estimate of drug-likeness (QED) is 0.269. The third kappa shape index (κ3) is 4.65. The second kappa shape index (κ2) is 10.0. The van der Waals surface area contributed by atoms with E-state index in [-0.39, 0.29) is 11.5 Å². The van der Waals surface area contributed by atoms with Crippen molar-refractivity contribution in [2.75, 3.05) is 18.4 Å². The van der Waals surface area contributed by atoms with E-state index in [1.807, 2.05) is 19.1 Å². The number of pyridine rings is 1. The highest BCUT2D eigenvalue weighted by molar-refractivity contribution is 8.26. The molecule has 2 aromatic rings. The topological polar surface area (TPSA) is 66.7 Å². The number of anilines is 1. The predicted octanol–water partition coefficient (Wildman–Crippen LogP) is 4.38. The van der Waals surface area contributed by atoms with Crippen LogP contribution in [0.1, 0.15) is 43.7 Å². The second-order valence-electron chi connectivity index (χ2n) is 7.13. The summed E-state index contributed by atoms with van der Waals surface area (Å²) in [6.45, 7) is 8.83. The van der Waals surface area contributed by atoms with Gasteiger partial charge in [-0.3, -0.25) is 18.9 Å². The summed E-state index contributed by atoms with van der Waals surface area (Å²) in [5.74, 6) is 0.285. The van der Waals surface area contributed by atoms with Gasteiger partial charge in [-0.25, -0.2) is 4.98 Å². The zero-order valence-electron chi connectivity index (χ0n) is 17.3. The van der Waals surface area contributed by atoms with Crippen LogP contribution < -0.4 is 10.9 Å². The number of nitrogens with one attached hydrogen (secondary N) is 1. The van der Waals surface area contributed by atoms with Gasteiger partial charge in [-0.05, 0) is 31.1 Å². The number of rotatable bonds is 9. The fourth-order valence-electron chi connectivity index (χ4n) is 3.27. The van der Waals surface area contributed by atoms with Gasteiger partial charge in [0.1, 0.15) is 15.8 Å². The maximum atomic E-state index is 13.2. The lowest BCUT2D eigenvalue weighted by molar-refractivity contribution is -0.122. The Kier molecular flexibility index (Phi) is 7.44. The lowest BCUT2D eigenvalue weighted by Crippen LogP contribution is -2.29. The number of aromatic nitrogens is 2. The molecule has 2 aromatic heterocycles. The van der Waals surface area contributed by atoms with Crippen LogP contribution in [-0.2, 0) is 4.79 Å². The van der Waals surface area contributed by atoms with Gasteiger partial charge in [-0.2, -0.15) is 0 Å². The second-order valence-corrected chi connectivity index (χ2v) is 8.80. The molecule has 0 unspecified atom stereocenters. The SMILES string of the molecule is C=CCNc1nc2c(C)cccn2c(=O)c1/C=C1/SC(=S)N(CCCCCC)C1=O.